The van der Waals surface area contributed by atoms with Gasteiger partial charge < -0.3 is 16.0 Å². The molecule has 1 aromatic carbocycles. The number of likely N-dealkylation sites (tertiary alicyclic amines) is 1. The summed E-state index contributed by atoms with van der Waals surface area (Å²) >= 11 is 1.60. The smallest absolute Gasteiger partial charge is 0.251 e. The van der Waals surface area contributed by atoms with E-state index >= 15 is 0 Å². The number of benzene rings is 1. The maximum absolute atomic E-state index is 12.6. The fourth-order valence-corrected chi connectivity index (χ4v) is 3.24. The van der Waals surface area contributed by atoms with Gasteiger partial charge in [0.2, 0.25) is 5.91 Å². The van der Waals surface area contributed by atoms with E-state index in [4.69, 9.17) is 5.73 Å². The van der Waals surface area contributed by atoms with Gasteiger partial charge in [-0.15, -0.1) is 0 Å². The van der Waals surface area contributed by atoms with Crippen molar-refractivity contribution < 1.29 is 9.59 Å². The third-order valence-corrected chi connectivity index (χ3v) is 4.70. The van der Waals surface area contributed by atoms with E-state index in [9.17, 15) is 9.59 Å². The largest absolute Gasteiger partial charge is 0.341 e. The zero-order valence-corrected chi connectivity index (χ0v) is 13.5. The Morgan fingerprint density at radius 3 is 2.55 bits per heavy atom. The van der Waals surface area contributed by atoms with Crippen LogP contribution in [0.4, 0.5) is 0 Å². The molecular formula is C16H23N3O2S. The van der Waals surface area contributed by atoms with E-state index in [0.717, 1.165) is 31.7 Å². The molecule has 0 unspecified atom stereocenters. The van der Waals surface area contributed by atoms with E-state index in [2.05, 4.69) is 5.32 Å². The summed E-state index contributed by atoms with van der Waals surface area (Å²) in [6.45, 7) is 2.15. The molecule has 2 amide bonds. The zero-order chi connectivity index (χ0) is 15.8. The first-order valence-electron chi connectivity index (χ1n) is 7.65. The fraction of sp³-hybridized carbons (Fsp3) is 0.500. The van der Waals surface area contributed by atoms with Crippen LogP contribution in [0.2, 0.25) is 0 Å². The lowest BCUT2D eigenvalue weighted by Gasteiger charge is -2.24. The molecule has 1 aliphatic rings. The van der Waals surface area contributed by atoms with Gasteiger partial charge in [0.15, 0.2) is 0 Å². The van der Waals surface area contributed by atoms with Gasteiger partial charge in [-0.1, -0.05) is 18.2 Å². The van der Waals surface area contributed by atoms with E-state index in [1.807, 2.05) is 23.1 Å². The van der Waals surface area contributed by atoms with Crippen LogP contribution in [0.3, 0.4) is 0 Å². The number of nitrogens with zero attached hydrogens (tertiary/aromatic N) is 1. The average Bonchev–Trinajstić information content (AvgIpc) is 3.08. The highest BCUT2D eigenvalue weighted by Gasteiger charge is 2.27. The summed E-state index contributed by atoms with van der Waals surface area (Å²) < 4.78 is 0. The molecule has 5 nitrogen and oxygen atoms in total. The number of nitrogens with two attached hydrogens (primary N) is 1. The minimum absolute atomic E-state index is 0.0197. The highest BCUT2D eigenvalue weighted by molar-refractivity contribution is 7.99. The summed E-state index contributed by atoms with van der Waals surface area (Å²) in [7, 11) is 0. The standard InChI is InChI=1S/C16H23N3O2S/c17-8-11-22-12-14(16(21)19-9-4-5-10-19)18-15(20)13-6-2-1-3-7-13/h1-3,6-7,14H,4-5,8-12,17H2,(H,18,20)/t14-/m0/s1. The van der Waals surface area contributed by atoms with E-state index in [1.54, 1.807) is 23.9 Å². The number of amides is 2. The Balaban J connectivity index is 1.99. The molecule has 120 valence electrons. The Kier molecular flexibility index (Phi) is 6.74. The van der Waals surface area contributed by atoms with Crippen LogP contribution in [0.1, 0.15) is 23.2 Å². The number of hydrogen-bond donors (Lipinski definition) is 2. The van der Waals surface area contributed by atoms with Crippen molar-refractivity contribution in [1.82, 2.24) is 10.2 Å². The van der Waals surface area contributed by atoms with Crippen LogP contribution < -0.4 is 11.1 Å². The van der Waals surface area contributed by atoms with Crippen molar-refractivity contribution in [2.75, 3.05) is 31.1 Å². The van der Waals surface area contributed by atoms with Gasteiger partial charge in [-0.2, -0.15) is 11.8 Å². The molecule has 1 saturated heterocycles. The molecule has 0 aromatic heterocycles. The molecule has 1 aliphatic heterocycles. The van der Waals surface area contributed by atoms with E-state index in [0.29, 0.717) is 17.9 Å². The van der Waals surface area contributed by atoms with Crippen LogP contribution >= 0.6 is 11.8 Å². The molecule has 0 bridgehead atoms. The monoisotopic (exact) mass is 321 g/mol. The Bertz CT molecular complexity index is 489. The van der Waals surface area contributed by atoms with Gasteiger partial charge in [-0.3, -0.25) is 9.59 Å². The highest BCUT2D eigenvalue weighted by atomic mass is 32.2. The zero-order valence-electron chi connectivity index (χ0n) is 12.7. The van der Waals surface area contributed by atoms with Crippen molar-refractivity contribution in [3.63, 3.8) is 0 Å². The summed E-state index contributed by atoms with van der Waals surface area (Å²) in [5.41, 5.74) is 6.08. The Morgan fingerprint density at radius 1 is 1.23 bits per heavy atom. The second-order valence-corrected chi connectivity index (χ2v) is 6.44. The molecule has 0 saturated carbocycles. The average molecular weight is 321 g/mol. The van der Waals surface area contributed by atoms with Gasteiger partial charge in [-0.05, 0) is 25.0 Å². The number of carbonyl (C=O) groups is 2. The number of nitrogens with one attached hydrogen (secondary N) is 1. The molecule has 0 radical (unpaired) electrons. The number of carbonyl (C=O) groups excluding carboxylic acids is 2. The molecule has 22 heavy (non-hydrogen) atoms. The normalized spacial score (nSPS) is 15.6. The lowest BCUT2D eigenvalue weighted by molar-refractivity contribution is -0.131. The molecule has 1 atom stereocenters. The Morgan fingerprint density at radius 2 is 1.91 bits per heavy atom. The van der Waals surface area contributed by atoms with Gasteiger partial charge in [0.05, 0.1) is 0 Å². The van der Waals surface area contributed by atoms with Gasteiger partial charge in [-0.25, -0.2) is 0 Å². The van der Waals surface area contributed by atoms with Crippen molar-refractivity contribution in [2.24, 2.45) is 5.73 Å². The minimum Gasteiger partial charge on any atom is -0.341 e. The van der Waals surface area contributed by atoms with Crippen LogP contribution in [0.15, 0.2) is 30.3 Å². The first-order valence-corrected chi connectivity index (χ1v) is 8.80. The predicted molar refractivity (Wildman–Crippen MR) is 89.9 cm³/mol. The number of rotatable bonds is 7. The maximum Gasteiger partial charge on any atom is 0.251 e. The van der Waals surface area contributed by atoms with Crippen LogP contribution in [0.5, 0.6) is 0 Å². The van der Waals surface area contributed by atoms with Crippen LogP contribution in [0, 0.1) is 0 Å². The van der Waals surface area contributed by atoms with Crippen LogP contribution in [-0.2, 0) is 4.79 Å². The third kappa shape index (κ3) is 4.74. The Hall–Kier alpha value is -1.53. The first-order chi connectivity index (χ1) is 10.7. The quantitative estimate of drug-likeness (QED) is 0.738. The third-order valence-electron chi connectivity index (χ3n) is 3.60. The van der Waals surface area contributed by atoms with Gasteiger partial charge in [0.1, 0.15) is 6.04 Å². The topological polar surface area (TPSA) is 75.4 Å². The molecule has 0 spiro atoms. The molecule has 3 N–H and O–H groups in total. The van der Waals surface area contributed by atoms with Crippen molar-refractivity contribution in [2.45, 2.75) is 18.9 Å². The summed E-state index contributed by atoms with van der Waals surface area (Å²) in [4.78, 5) is 26.7. The first kappa shape index (κ1) is 16.8. The molecule has 2 rings (SSSR count). The van der Waals surface area contributed by atoms with Crippen molar-refractivity contribution in [3.05, 3.63) is 35.9 Å². The van der Waals surface area contributed by atoms with Gasteiger partial charge in [0, 0.05) is 36.7 Å². The molecule has 1 aromatic rings. The predicted octanol–water partition coefficient (Wildman–Crippen LogP) is 1.10. The second kappa shape index (κ2) is 8.80. The van der Waals surface area contributed by atoms with Crippen molar-refractivity contribution >= 4 is 23.6 Å². The lowest BCUT2D eigenvalue weighted by Crippen LogP contribution is -2.49. The molecular weight excluding hydrogens is 298 g/mol. The number of hydrogen-bond acceptors (Lipinski definition) is 4. The Labute approximate surface area is 135 Å². The maximum atomic E-state index is 12.6. The summed E-state index contributed by atoms with van der Waals surface area (Å²) in [5, 5.41) is 2.88. The van der Waals surface area contributed by atoms with Crippen molar-refractivity contribution in [3.8, 4) is 0 Å². The SMILES string of the molecule is NCCSC[C@H](NC(=O)c1ccccc1)C(=O)N1CCCC1. The molecule has 1 heterocycles. The summed E-state index contributed by atoms with van der Waals surface area (Å²) in [6, 6.07) is 8.51. The summed E-state index contributed by atoms with van der Waals surface area (Å²) in [5.74, 6) is 1.16. The second-order valence-electron chi connectivity index (χ2n) is 5.29. The molecule has 1 fully saturated rings. The van der Waals surface area contributed by atoms with Gasteiger partial charge >= 0.3 is 0 Å². The molecule has 0 aliphatic carbocycles. The minimum atomic E-state index is -0.484. The van der Waals surface area contributed by atoms with E-state index in [-0.39, 0.29) is 11.8 Å². The lowest BCUT2D eigenvalue weighted by atomic mass is 10.2. The van der Waals surface area contributed by atoms with Crippen LogP contribution in [-0.4, -0.2) is 53.9 Å². The summed E-state index contributed by atoms with van der Waals surface area (Å²) in [6.07, 6.45) is 2.09. The van der Waals surface area contributed by atoms with Gasteiger partial charge in [0.25, 0.3) is 5.91 Å². The fourth-order valence-electron chi connectivity index (χ4n) is 2.45. The number of thioether (sulfide) groups is 1. The highest BCUT2D eigenvalue weighted by Crippen LogP contribution is 2.12. The molecule has 6 heteroatoms. The van der Waals surface area contributed by atoms with Crippen molar-refractivity contribution in [1.29, 1.82) is 0 Å². The van der Waals surface area contributed by atoms with E-state index < -0.39 is 6.04 Å². The van der Waals surface area contributed by atoms with E-state index in [1.165, 1.54) is 0 Å². The van der Waals surface area contributed by atoms with Crippen LogP contribution in [0.25, 0.3) is 0 Å².